The summed E-state index contributed by atoms with van der Waals surface area (Å²) >= 11 is 1.67. The predicted octanol–water partition coefficient (Wildman–Crippen LogP) is 3.89. The second-order valence-corrected chi connectivity index (χ2v) is 10.6. The molecule has 0 spiro atoms. The third-order valence-corrected chi connectivity index (χ3v) is 8.28. The molecule has 0 bridgehead atoms. The molecule has 36 heavy (non-hydrogen) atoms. The number of anilines is 1. The lowest BCUT2D eigenvalue weighted by Crippen LogP contribution is -2.35. The van der Waals surface area contributed by atoms with Crippen LogP contribution in [0.25, 0.3) is 11.4 Å². The van der Waals surface area contributed by atoms with Crippen molar-refractivity contribution in [3.63, 3.8) is 0 Å². The van der Waals surface area contributed by atoms with E-state index in [0.717, 1.165) is 67.0 Å². The Morgan fingerprint density at radius 3 is 2.56 bits per heavy atom. The number of nitrogens with zero attached hydrogens (tertiary/aromatic N) is 6. The van der Waals surface area contributed by atoms with E-state index in [-0.39, 0.29) is 5.56 Å². The van der Waals surface area contributed by atoms with E-state index in [2.05, 4.69) is 20.0 Å². The second-order valence-electron chi connectivity index (χ2n) is 9.55. The van der Waals surface area contributed by atoms with Crippen molar-refractivity contribution in [2.24, 2.45) is 20.0 Å². The minimum atomic E-state index is -4.30. The van der Waals surface area contributed by atoms with Crippen molar-refractivity contribution in [2.75, 3.05) is 36.8 Å². The van der Waals surface area contributed by atoms with E-state index in [1.54, 1.807) is 43.2 Å². The standard InChI is InChI=1S/C25H29F3N6OS/c1-31-14-18(4-9-22(31)35)23-29-30-24(32(23)2)36-13-3-11-33-15-17-10-12-34(21(17)16-33)20-7-5-19(6-8-20)25(26,27)28/h4-9,14,17,21H,3,10-13,15-16H2,1-2H3/t17-,21+/m0/s1. The quantitative estimate of drug-likeness (QED) is 0.350. The van der Waals surface area contributed by atoms with Crippen LogP contribution in [0.4, 0.5) is 18.9 Å². The van der Waals surface area contributed by atoms with Gasteiger partial charge in [0.25, 0.3) is 0 Å². The highest BCUT2D eigenvalue weighted by Gasteiger charge is 2.41. The van der Waals surface area contributed by atoms with E-state index in [4.69, 9.17) is 0 Å². The Hall–Kier alpha value is -2.79. The van der Waals surface area contributed by atoms with Gasteiger partial charge < -0.3 is 18.9 Å². The van der Waals surface area contributed by atoms with Crippen molar-refractivity contribution >= 4 is 17.4 Å². The summed E-state index contributed by atoms with van der Waals surface area (Å²) in [4.78, 5) is 16.4. The first-order valence-electron chi connectivity index (χ1n) is 12.1. The van der Waals surface area contributed by atoms with Gasteiger partial charge in [0.15, 0.2) is 11.0 Å². The van der Waals surface area contributed by atoms with Crippen LogP contribution in [0.15, 0.2) is 52.5 Å². The molecule has 4 heterocycles. The predicted molar refractivity (Wildman–Crippen MR) is 134 cm³/mol. The molecule has 0 radical (unpaired) electrons. The summed E-state index contributed by atoms with van der Waals surface area (Å²) < 4.78 is 42.2. The Morgan fingerprint density at radius 1 is 1.06 bits per heavy atom. The van der Waals surface area contributed by atoms with Crippen molar-refractivity contribution in [1.29, 1.82) is 0 Å². The van der Waals surface area contributed by atoms with Crippen molar-refractivity contribution in [2.45, 2.75) is 30.2 Å². The zero-order valence-corrected chi connectivity index (χ0v) is 21.1. The van der Waals surface area contributed by atoms with E-state index in [1.807, 2.05) is 11.6 Å². The molecule has 0 saturated carbocycles. The number of pyridine rings is 1. The van der Waals surface area contributed by atoms with Gasteiger partial charge in [-0.2, -0.15) is 13.2 Å². The van der Waals surface area contributed by atoms with Gasteiger partial charge in [-0.05, 0) is 55.6 Å². The number of aryl methyl sites for hydroxylation is 1. The molecule has 192 valence electrons. The highest BCUT2D eigenvalue weighted by atomic mass is 32.2. The van der Waals surface area contributed by atoms with E-state index in [0.29, 0.717) is 12.0 Å². The Kier molecular flexibility index (Phi) is 6.86. The smallest absolute Gasteiger partial charge is 0.367 e. The molecule has 2 fully saturated rings. The Balaban J connectivity index is 1.12. The van der Waals surface area contributed by atoms with Crippen LogP contribution in [-0.2, 0) is 20.3 Å². The summed E-state index contributed by atoms with van der Waals surface area (Å²) in [5.41, 5.74) is 1.06. The Labute approximate surface area is 211 Å². The van der Waals surface area contributed by atoms with Gasteiger partial charge in [0.2, 0.25) is 5.56 Å². The van der Waals surface area contributed by atoms with Gasteiger partial charge in [-0.3, -0.25) is 4.79 Å². The molecule has 2 aromatic heterocycles. The zero-order chi connectivity index (χ0) is 25.4. The van der Waals surface area contributed by atoms with E-state index in [1.165, 1.54) is 22.8 Å². The molecule has 2 aliphatic heterocycles. The van der Waals surface area contributed by atoms with Crippen molar-refractivity contribution in [1.82, 2.24) is 24.2 Å². The molecular formula is C25H29F3N6OS. The molecule has 0 N–H and O–H groups in total. The molecule has 2 aliphatic rings. The van der Waals surface area contributed by atoms with Gasteiger partial charge in [-0.15, -0.1) is 10.2 Å². The molecule has 7 nitrogen and oxygen atoms in total. The fourth-order valence-electron chi connectivity index (χ4n) is 5.26. The monoisotopic (exact) mass is 518 g/mol. The maximum absolute atomic E-state index is 12.9. The lowest BCUT2D eigenvalue weighted by Gasteiger charge is -2.27. The summed E-state index contributed by atoms with van der Waals surface area (Å²) in [6, 6.07) is 9.23. The molecule has 0 amide bonds. The number of halogens is 3. The average molecular weight is 519 g/mol. The van der Waals surface area contributed by atoms with Gasteiger partial charge >= 0.3 is 6.18 Å². The fourth-order valence-corrected chi connectivity index (χ4v) is 6.10. The third-order valence-electron chi connectivity index (χ3n) is 7.18. The third kappa shape index (κ3) is 5.04. The number of thioether (sulfide) groups is 1. The number of hydrogen-bond acceptors (Lipinski definition) is 6. The SMILES string of the molecule is Cn1c(SCCCN2C[C@@H]3CCN(c4ccc(C(F)(F)F)cc4)[C@@H]3C2)nnc1-c1ccc(=O)n(C)c1. The van der Waals surface area contributed by atoms with Gasteiger partial charge in [-0.25, -0.2) is 0 Å². The maximum atomic E-state index is 12.9. The second kappa shape index (κ2) is 9.93. The summed E-state index contributed by atoms with van der Waals surface area (Å²) in [6.07, 6.45) is -0.461. The highest BCUT2D eigenvalue weighted by Crippen LogP contribution is 2.37. The lowest BCUT2D eigenvalue weighted by atomic mass is 10.0. The molecule has 5 rings (SSSR count). The number of rotatable bonds is 7. The number of fused-ring (bicyclic) bond motifs is 1. The van der Waals surface area contributed by atoms with Crippen molar-refractivity contribution in [3.05, 3.63) is 58.5 Å². The first-order valence-corrected chi connectivity index (χ1v) is 13.0. The van der Waals surface area contributed by atoms with Gasteiger partial charge in [0, 0.05) is 69.0 Å². The van der Waals surface area contributed by atoms with Crippen molar-refractivity contribution < 1.29 is 13.2 Å². The van der Waals surface area contributed by atoms with Crippen LogP contribution in [0.1, 0.15) is 18.4 Å². The maximum Gasteiger partial charge on any atom is 0.416 e. The van der Waals surface area contributed by atoms with E-state index in [9.17, 15) is 18.0 Å². The van der Waals surface area contributed by atoms with Crippen LogP contribution in [0, 0.1) is 5.92 Å². The summed E-state index contributed by atoms with van der Waals surface area (Å²) in [7, 11) is 3.65. The highest BCUT2D eigenvalue weighted by molar-refractivity contribution is 7.99. The summed E-state index contributed by atoms with van der Waals surface area (Å²) in [6.45, 7) is 3.85. The van der Waals surface area contributed by atoms with Crippen LogP contribution in [0.3, 0.4) is 0 Å². The number of aromatic nitrogens is 4. The molecule has 0 aliphatic carbocycles. The molecule has 3 aromatic rings. The number of alkyl halides is 3. The van der Waals surface area contributed by atoms with Crippen LogP contribution < -0.4 is 10.5 Å². The first-order chi connectivity index (χ1) is 17.2. The molecule has 11 heteroatoms. The first kappa shape index (κ1) is 24.9. The van der Waals surface area contributed by atoms with E-state index >= 15 is 0 Å². The topological polar surface area (TPSA) is 59.2 Å². The van der Waals surface area contributed by atoms with Gasteiger partial charge in [0.05, 0.1) is 5.56 Å². The summed E-state index contributed by atoms with van der Waals surface area (Å²) in [5.74, 6) is 2.19. The number of benzene rings is 1. The normalized spacial score (nSPS) is 20.3. The van der Waals surface area contributed by atoms with E-state index < -0.39 is 11.7 Å². The minimum absolute atomic E-state index is 0.0657. The molecule has 2 saturated heterocycles. The molecule has 0 unspecified atom stereocenters. The van der Waals surface area contributed by atoms with Gasteiger partial charge in [0.1, 0.15) is 0 Å². The van der Waals surface area contributed by atoms with Crippen LogP contribution in [0.5, 0.6) is 0 Å². The molecule has 1 aromatic carbocycles. The summed E-state index contributed by atoms with van der Waals surface area (Å²) in [5, 5.41) is 9.47. The molecular weight excluding hydrogens is 489 g/mol. The minimum Gasteiger partial charge on any atom is -0.367 e. The van der Waals surface area contributed by atoms with Crippen molar-refractivity contribution in [3.8, 4) is 11.4 Å². The van der Waals surface area contributed by atoms with Gasteiger partial charge in [-0.1, -0.05) is 11.8 Å². The Morgan fingerprint density at radius 2 is 1.83 bits per heavy atom. The Bertz CT molecular complexity index is 1270. The largest absolute Gasteiger partial charge is 0.416 e. The van der Waals surface area contributed by atoms with Crippen LogP contribution in [-0.4, -0.2) is 62.2 Å². The molecule has 2 atom stereocenters. The fraction of sp³-hybridized carbons (Fsp3) is 0.480. The zero-order valence-electron chi connectivity index (χ0n) is 20.3. The van der Waals surface area contributed by atoms with Crippen LogP contribution >= 0.6 is 11.8 Å². The number of likely N-dealkylation sites (tertiary alicyclic amines) is 1. The lowest BCUT2D eigenvalue weighted by molar-refractivity contribution is -0.137. The number of hydrogen-bond donors (Lipinski definition) is 0. The van der Waals surface area contributed by atoms with Crippen LogP contribution in [0.2, 0.25) is 0 Å². The average Bonchev–Trinajstić information content (AvgIpc) is 3.52.